The van der Waals surface area contributed by atoms with Crippen molar-refractivity contribution in [1.29, 1.82) is 0 Å². The topological polar surface area (TPSA) is 12.9 Å². The van der Waals surface area contributed by atoms with Crippen LogP contribution in [0, 0.1) is 0 Å². The van der Waals surface area contributed by atoms with E-state index in [1.165, 1.54) is 11.1 Å². The Bertz CT molecular complexity index is 323. The Kier molecular flexibility index (Phi) is 5.20. The third-order valence-electron chi connectivity index (χ3n) is 1.85. The van der Waals surface area contributed by atoms with Gasteiger partial charge in [-0.05, 0) is 47.3 Å². The minimum Gasteiger partial charge on any atom is -0.263 e. The fourth-order valence-corrected chi connectivity index (χ4v) is 1.77. The van der Waals surface area contributed by atoms with Gasteiger partial charge in [-0.1, -0.05) is 11.6 Å². The Balaban J connectivity index is 2.60. The lowest BCUT2D eigenvalue weighted by molar-refractivity contribution is 1.07. The minimum atomic E-state index is 0.689. The van der Waals surface area contributed by atoms with E-state index in [1.807, 2.05) is 6.20 Å². The number of allylic oxidation sites excluding steroid dienone is 2. The first kappa shape index (κ1) is 11.7. The average molecular weight is 275 g/mol. The van der Waals surface area contributed by atoms with Crippen LogP contribution in [-0.4, -0.2) is 10.9 Å². The number of hydrogen-bond acceptors (Lipinski definition) is 1. The summed E-state index contributed by atoms with van der Waals surface area (Å²) in [4.78, 5) is 4.12. The standard InChI is InChI=1S/C11H13BrClN/c1-9(3-2-4-13)5-10-6-11(12)8-14-7-10/h3,6-8H,2,4-5H2,1H3/b9-3-. The second-order valence-electron chi connectivity index (χ2n) is 3.22. The highest BCUT2D eigenvalue weighted by Gasteiger charge is 1.96. The highest BCUT2D eigenvalue weighted by molar-refractivity contribution is 9.10. The second kappa shape index (κ2) is 6.20. The normalized spacial score (nSPS) is 11.8. The Morgan fingerprint density at radius 3 is 3.00 bits per heavy atom. The summed E-state index contributed by atoms with van der Waals surface area (Å²) in [5.41, 5.74) is 2.56. The molecule has 0 aliphatic heterocycles. The molecular formula is C11H13BrClN. The van der Waals surface area contributed by atoms with Crippen molar-refractivity contribution in [3.63, 3.8) is 0 Å². The summed E-state index contributed by atoms with van der Waals surface area (Å²) in [5, 5.41) is 0. The fourth-order valence-electron chi connectivity index (χ4n) is 1.25. The zero-order chi connectivity index (χ0) is 10.4. The molecule has 3 heteroatoms. The van der Waals surface area contributed by atoms with Crippen molar-refractivity contribution in [3.8, 4) is 0 Å². The van der Waals surface area contributed by atoms with Gasteiger partial charge in [0.25, 0.3) is 0 Å². The lowest BCUT2D eigenvalue weighted by Gasteiger charge is -2.01. The molecule has 0 radical (unpaired) electrons. The van der Waals surface area contributed by atoms with E-state index in [-0.39, 0.29) is 0 Å². The van der Waals surface area contributed by atoms with Crippen LogP contribution >= 0.6 is 27.5 Å². The van der Waals surface area contributed by atoms with Crippen molar-refractivity contribution in [3.05, 3.63) is 40.1 Å². The number of rotatable bonds is 4. The van der Waals surface area contributed by atoms with Crippen LogP contribution in [0.4, 0.5) is 0 Å². The quantitative estimate of drug-likeness (QED) is 0.598. The van der Waals surface area contributed by atoms with E-state index in [2.05, 4.69) is 40.0 Å². The molecule has 0 saturated heterocycles. The molecule has 0 unspecified atom stereocenters. The Labute approximate surface area is 98.3 Å². The summed E-state index contributed by atoms with van der Waals surface area (Å²) >= 11 is 9.01. The molecule has 0 aliphatic rings. The first-order valence-corrected chi connectivity index (χ1v) is 5.86. The summed E-state index contributed by atoms with van der Waals surface area (Å²) in [7, 11) is 0. The SMILES string of the molecule is C/C(=C/CCCl)Cc1cncc(Br)c1. The number of nitrogens with zero attached hydrogens (tertiary/aromatic N) is 1. The van der Waals surface area contributed by atoms with Crippen LogP contribution < -0.4 is 0 Å². The van der Waals surface area contributed by atoms with E-state index in [1.54, 1.807) is 6.20 Å². The van der Waals surface area contributed by atoms with Gasteiger partial charge in [0.1, 0.15) is 0 Å². The molecule has 0 spiro atoms. The third-order valence-corrected chi connectivity index (χ3v) is 2.50. The number of alkyl halides is 1. The number of pyridine rings is 1. The van der Waals surface area contributed by atoms with Gasteiger partial charge in [0.2, 0.25) is 0 Å². The highest BCUT2D eigenvalue weighted by Crippen LogP contribution is 2.13. The molecule has 76 valence electrons. The van der Waals surface area contributed by atoms with Crippen molar-refractivity contribution in [2.45, 2.75) is 19.8 Å². The van der Waals surface area contributed by atoms with Crippen molar-refractivity contribution in [1.82, 2.24) is 4.98 Å². The van der Waals surface area contributed by atoms with E-state index in [0.29, 0.717) is 5.88 Å². The second-order valence-corrected chi connectivity index (χ2v) is 4.51. The molecule has 14 heavy (non-hydrogen) atoms. The average Bonchev–Trinajstić information content (AvgIpc) is 2.15. The van der Waals surface area contributed by atoms with Crippen LogP contribution in [0.2, 0.25) is 0 Å². The lowest BCUT2D eigenvalue weighted by Crippen LogP contribution is -1.88. The van der Waals surface area contributed by atoms with Crippen molar-refractivity contribution in [2.75, 3.05) is 5.88 Å². The van der Waals surface area contributed by atoms with E-state index in [0.717, 1.165) is 17.3 Å². The number of hydrogen-bond donors (Lipinski definition) is 0. The molecule has 0 atom stereocenters. The van der Waals surface area contributed by atoms with Crippen LogP contribution in [0.5, 0.6) is 0 Å². The van der Waals surface area contributed by atoms with Gasteiger partial charge in [0, 0.05) is 22.7 Å². The molecule has 0 aliphatic carbocycles. The summed E-state index contributed by atoms with van der Waals surface area (Å²) in [6, 6.07) is 2.09. The van der Waals surface area contributed by atoms with Crippen molar-refractivity contribution < 1.29 is 0 Å². The first-order valence-electron chi connectivity index (χ1n) is 4.53. The Hall–Kier alpha value is -0.340. The maximum atomic E-state index is 5.61. The maximum Gasteiger partial charge on any atom is 0.0410 e. The van der Waals surface area contributed by atoms with Gasteiger partial charge in [-0.3, -0.25) is 4.98 Å². The molecule has 1 heterocycles. The van der Waals surface area contributed by atoms with Gasteiger partial charge in [0.15, 0.2) is 0 Å². The first-order chi connectivity index (χ1) is 6.72. The van der Waals surface area contributed by atoms with Gasteiger partial charge in [-0.2, -0.15) is 0 Å². The van der Waals surface area contributed by atoms with Crippen LogP contribution in [0.3, 0.4) is 0 Å². The van der Waals surface area contributed by atoms with E-state index in [4.69, 9.17) is 11.6 Å². The third kappa shape index (κ3) is 4.25. The smallest absolute Gasteiger partial charge is 0.0410 e. The Morgan fingerprint density at radius 2 is 2.36 bits per heavy atom. The van der Waals surface area contributed by atoms with Gasteiger partial charge >= 0.3 is 0 Å². The summed E-state index contributed by atoms with van der Waals surface area (Å²) in [6.45, 7) is 2.12. The molecule has 0 amide bonds. The largest absolute Gasteiger partial charge is 0.263 e. The molecule has 1 nitrogen and oxygen atoms in total. The molecule has 0 aromatic carbocycles. The predicted molar refractivity (Wildman–Crippen MR) is 64.7 cm³/mol. The van der Waals surface area contributed by atoms with Crippen LogP contribution in [-0.2, 0) is 6.42 Å². The van der Waals surface area contributed by atoms with E-state index >= 15 is 0 Å². The molecule has 1 aromatic heterocycles. The molecule has 0 N–H and O–H groups in total. The molecule has 0 fully saturated rings. The monoisotopic (exact) mass is 273 g/mol. The molecular weight excluding hydrogens is 261 g/mol. The van der Waals surface area contributed by atoms with Crippen molar-refractivity contribution >= 4 is 27.5 Å². The van der Waals surface area contributed by atoms with E-state index in [9.17, 15) is 0 Å². The summed E-state index contributed by atoms with van der Waals surface area (Å²) in [5.74, 6) is 0.689. The molecule has 1 rings (SSSR count). The Morgan fingerprint density at radius 1 is 1.57 bits per heavy atom. The highest BCUT2D eigenvalue weighted by atomic mass is 79.9. The van der Waals surface area contributed by atoms with E-state index < -0.39 is 0 Å². The fraction of sp³-hybridized carbons (Fsp3) is 0.364. The summed E-state index contributed by atoms with van der Waals surface area (Å²) < 4.78 is 1.03. The maximum absolute atomic E-state index is 5.61. The minimum absolute atomic E-state index is 0.689. The number of aromatic nitrogens is 1. The van der Waals surface area contributed by atoms with Gasteiger partial charge in [0.05, 0.1) is 0 Å². The van der Waals surface area contributed by atoms with Gasteiger partial charge in [-0.15, -0.1) is 11.6 Å². The van der Waals surface area contributed by atoms with Gasteiger partial charge in [-0.25, -0.2) is 0 Å². The van der Waals surface area contributed by atoms with Crippen LogP contribution in [0.25, 0.3) is 0 Å². The van der Waals surface area contributed by atoms with Gasteiger partial charge < -0.3 is 0 Å². The zero-order valence-electron chi connectivity index (χ0n) is 8.13. The summed E-state index contributed by atoms with van der Waals surface area (Å²) in [6.07, 6.45) is 7.75. The predicted octanol–water partition coefficient (Wildman–Crippen LogP) is 3.96. The van der Waals surface area contributed by atoms with Crippen LogP contribution in [0.1, 0.15) is 18.9 Å². The molecule has 0 saturated carbocycles. The van der Waals surface area contributed by atoms with Crippen LogP contribution in [0.15, 0.2) is 34.6 Å². The lowest BCUT2D eigenvalue weighted by atomic mass is 10.1. The zero-order valence-corrected chi connectivity index (χ0v) is 10.5. The molecule has 0 bridgehead atoms. The molecule has 1 aromatic rings. The van der Waals surface area contributed by atoms with Crippen molar-refractivity contribution in [2.24, 2.45) is 0 Å². The number of halogens is 2.